The molecule has 2 aromatic heterocycles. The topological polar surface area (TPSA) is 75.9 Å². The maximum absolute atomic E-state index is 12.4. The molecule has 4 rings (SSSR count). The lowest BCUT2D eigenvalue weighted by Crippen LogP contribution is -2.37. The second-order valence-corrected chi connectivity index (χ2v) is 6.53. The summed E-state index contributed by atoms with van der Waals surface area (Å²) in [7, 11) is 3.87. The third-order valence-electron chi connectivity index (χ3n) is 4.70. The molecule has 3 heterocycles. The van der Waals surface area contributed by atoms with Crippen molar-refractivity contribution in [2.24, 2.45) is 7.05 Å². The molecule has 3 aromatic rings. The number of nitrogens with zero attached hydrogens (tertiary/aromatic N) is 5. The Morgan fingerprint density at radius 2 is 2.08 bits per heavy atom. The van der Waals surface area contributed by atoms with Gasteiger partial charge in [-0.25, -0.2) is 0 Å². The number of hydrogen-bond acceptors (Lipinski definition) is 5. The zero-order valence-corrected chi connectivity index (χ0v) is 14.3. The highest BCUT2D eigenvalue weighted by atomic mass is 16.2. The van der Waals surface area contributed by atoms with Crippen LogP contribution in [0.1, 0.15) is 12.8 Å². The van der Waals surface area contributed by atoms with Crippen LogP contribution in [0, 0.1) is 0 Å². The van der Waals surface area contributed by atoms with Gasteiger partial charge in [0.2, 0.25) is 5.91 Å². The number of amides is 1. The first kappa shape index (κ1) is 15.7. The molecule has 1 fully saturated rings. The van der Waals surface area contributed by atoms with Crippen LogP contribution in [0.5, 0.6) is 0 Å². The van der Waals surface area contributed by atoms with Crippen molar-refractivity contribution in [2.45, 2.75) is 18.9 Å². The molecule has 0 bridgehead atoms. The Kier molecular flexibility index (Phi) is 3.93. The second-order valence-electron chi connectivity index (χ2n) is 6.53. The average molecular weight is 336 g/mol. The van der Waals surface area contributed by atoms with Gasteiger partial charge in [0.05, 0.1) is 17.8 Å². The molecule has 0 saturated carbocycles. The fourth-order valence-corrected chi connectivity index (χ4v) is 3.31. The van der Waals surface area contributed by atoms with Crippen molar-refractivity contribution in [3.8, 4) is 11.1 Å². The minimum absolute atomic E-state index is 0.0166. The van der Waals surface area contributed by atoms with Gasteiger partial charge in [0.1, 0.15) is 0 Å². The molecule has 1 unspecified atom stereocenters. The number of fused-ring (bicyclic) bond motifs is 1. The van der Waals surface area contributed by atoms with Gasteiger partial charge in [0.25, 0.3) is 0 Å². The summed E-state index contributed by atoms with van der Waals surface area (Å²) in [5.74, 6) is 0.471. The minimum Gasteiger partial charge on any atom is -0.308 e. The molecular weight excluding hydrogens is 316 g/mol. The minimum atomic E-state index is -0.0841. The van der Waals surface area contributed by atoms with Gasteiger partial charge in [-0.15, -0.1) is 10.2 Å². The molecule has 1 aromatic carbocycles. The largest absolute Gasteiger partial charge is 0.308 e. The van der Waals surface area contributed by atoms with Crippen molar-refractivity contribution in [3.05, 3.63) is 36.7 Å². The van der Waals surface area contributed by atoms with Gasteiger partial charge in [-0.1, -0.05) is 6.07 Å². The van der Waals surface area contributed by atoms with Crippen LogP contribution in [-0.4, -0.2) is 50.4 Å². The third kappa shape index (κ3) is 3.10. The van der Waals surface area contributed by atoms with E-state index in [4.69, 9.17) is 0 Å². The number of carbonyl (C=O) groups excluding carboxylic acids is 1. The van der Waals surface area contributed by atoms with Crippen molar-refractivity contribution >= 4 is 22.6 Å². The number of carbonyl (C=O) groups is 1. The van der Waals surface area contributed by atoms with Gasteiger partial charge in [-0.05, 0) is 50.2 Å². The highest BCUT2D eigenvalue weighted by Crippen LogP contribution is 2.24. The molecule has 7 nitrogen and oxygen atoms in total. The first-order valence-electron chi connectivity index (χ1n) is 8.38. The molecule has 0 spiro atoms. The average Bonchev–Trinajstić information content (AvgIpc) is 3.22. The zero-order chi connectivity index (χ0) is 17.4. The van der Waals surface area contributed by atoms with Gasteiger partial charge in [-0.3, -0.25) is 14.4 Å². The van der Waals surface area contributed by atoms with E-state index in [1.807, 2.05) is 50.8 Å². The van der Waals surface area contributed by atoms with Gasteiger partial charge in [0.15, 0.2) is 5.82 Å². The molecule has 1 aliphatic heterocycles. The van der Waals surface area contributed by atoms with Crippen molar-refractivity contribution in [3.63, 3.8) is 0 Å². The normalized spacial score (nSPS) is 17.9. The number of benzene rings is 1. The van der Waals surface area contributed by atoms with Crippen molar-refractivity contribution in [1.82, 2.24) is 24.9 Å². The Hall–Kier alpha value is -2.80. The Bertz CT molecular complexity index is 934. The SMILES string of the molecule is CN1CCCC1C(=O)Nc1cc2cc(-c3cnn(C)c3)ccc2nn1. The maximum Gasteiger partial charge on any atom is 0.242 e. The van der Waals surface area contributed by atoms with E-state index >= 15 is 0 Å². The molecule has 1 atom stereocenters. The Labute approximate surface area is 145 Å². The molecule has 0 radical (unpaired) electrons. The van der Waals surface area contributed by atoms with Crippen molar-refractivity contribution < 1.29 is 4.79 Å². The number of nitrogens with one attached hydrogen (secondary N) is 1. The predicted octanol–water partition coefficient (Wildman–Crippen LogP) is 2.06. The molecule has 128 valence electrons. The lowest BCUT2D eigenvalue weighted by molar-refractivity contribution is -0.119. The molecule has 0 aliphatic carbocycles. The Balaban J connectivity index is 1.61. The van der Waals surface area contributed by atoms with E-state index in [1.54, 1.807) is 4.68 Å². The van der Waals surface area contributed by atoms with E-state index in [2.05, 4.69) is 25.5 Å². The van der Waals surface area contributed by atoms with Crippen molar-refractivity contribution in [2.75, 3.05) is 18.9 Å². The third-order valence-corrected chi connectivity index (χ3v) is 4.70. The summed E-state index contributed by atoms with van der Waals surface area (Å²) < 4.78 is 1.77. The van der Waals surface area contributed by atoms with E-state index in [0.717, 1.165) is 41.4 Å². The van der Waals surface area contributed by atoms with Crippen LogP contribution in [0.3, 0.4) is 0 Å². The van der Waals surface area contributed by atoms with Gasteiger partial charge in [0, 0.05) is 24.2 Å². The monoisotopic (exact) mass is 336 g/mol. The molecule has 25 heavy (non-hydrogen) atoms. The number of rotatable bonds is 3. The van der Waals surface area contributed by atoms with E-state index in [-0.39, 0.29) is 11.9 Å². The number of likely N-dealkylation sites (tertiary alicyclic amines) is 1. The number of aryl methyl sites for hydroxylation is 1. The molecule has 1 amide bonds. The summed E-state index contributed by atoms with van der Waals surface area (Å²) in [5.41, 5.74) is 2.89. The van der Waals surface area contributed by atoms with E-state index in [9.17, 15) is 4.79 Å². The molecule has 1 aliphatic rings. The summed E-state index contributed by atoms with van der Waals surface area (Å²) in [6, 6.07) is 7.76. The molecular formula is C18H20N6O. The lowest BCUT2D eigenvalue weighted by atomic mass is 10.1. The molecule has 1 N–H and O–H groups in total. The van der Waals surface area contributed by atoms with E-state index in [0.29, 0.717) is 5.82 Å². The first-order valence-corrected chi connectivity index (χ1v) is 8.38. The van der Waals surface area contributed by atoms with Crippen LogP contribution in [-0.2, 0) is 11.8 Å². The summed E-state index contributed by atoms with van der Waals surface area (Å²) in [5, 5.41) is 16.4. The second kappa shape index (κ2) is 6.25. The van der Waals surface area contributed by atoms with Crippen molar-refractivity contribution in [1.29, 1.82) is 0 Å². The maximum atomic E-state index is 12.4. The van der Waals surface area contributed by atoms with Crippen LogP contribution in [0.2, 0.25) is 0 Å². The highest BCUT2D eigenvalue weighted by Gasteiger charge is 2.27. The number of aromatic nitrogens is 4. The van der Waals surface area contributed by atoms with E-state index in [1.165, 1.54) is 0 Å². The summed E-state index contributed by atoms with van der Waals surface area (Å²) in [4.78, 5) is 14.5. The number of likely N-dealkylation sites (N-methyl/N-ethyl adjacent to an activating group) is 1. The van der Waals surface area contributed by atoms with Crippen LogP contribution in [0.15, 0.2) is 36.7 Å². The smallest absolute Gasteiger partial charge is 0.242 e. The zero-order valence-electron chi connectivity index (χ0n) is 14.3. The van der Waals surface area contributed by atoms with Gasteiger partial charge < -0.3 is 5.32 Å². The van der Waals surface area contributed by atoms with Crippen LogP contribution in [0.4, 0.5) is 5.82 Å². The first-order chi connectivity index (χ1) is 12.1. The molecule has 7 heteroatoms. The summed E-state index contributed by atoms with van der Waals surface area (Å²) in [6.45, 7) is 0.954. The predicted molar refractivity (Wildman–Crippen MR) is 96.0 cm³/mol. The van der Waals surface area contributed by atoms with Crippen LogP contribution >= 0.6 is 0 Å². The highest BCUT2D eigenvalue weighted by molar-refractivity contribution is 5.96. The Morgan fingerprint density at radius 3 is 2.80 bits per heavy atom. The quantitative estimate of drug-likeness (QED) is 0.792. The number of anilines is 1. The Morgan fingerprint density at radius 1 is 1.20 bits per heavy atom. The molecule has 1 saturated heterocycles. The fourth-order valence-electron chi connectivity index (χ4n) is 3.31. The van der Waals surface area contributed by atoms with E-state index < -0.39 is 0 Å². The van der Waals surface area contributed by atoms with Crippen LogP contribution in [0.25, 0.3) is 22.0 Å². The van der Waals surface area contributed by atoms with Gasteiger partial charge >= 0.3 is 0 Å². The fraction of sp³-hybridized carbons (Fsp3) is 0.333. The van der Waals surface area contributed by atoms with Gasteiger partial charge in [-0.2, -0.15) is 5.10 Å². The number of hydrogen-bond donors (Lipinski definition) is 1. The summed E-state index contributed by atoms with van der Waals surface area (Å²) >= 11 is 0. The van der Waals surface area contributed by atoms with Crippen LogP contribution < -0.4 is 5.32 Å². The summed E-state index contributed by atoms with van der Waals surface area (Å²) in [6.07, 6.45) is 5.73. The standard InChI is InChI=1S/C18H20N6O/c1-23-7-3-4-16(23)18(25)20-17-9-13-8-12(5-6-15(13)21-22-17)14-10-19-24(2)11-14/h5-6,8-11,16H,3-4,7H2,1-2H3,(H,20,22,25). The lowest BCUT2D eigenvalue weighted by Gasteiger charge is -2.18.